The van der Waals surface area contributed by atoms with Gasteiger partial charge in [-0.25, -0.2) is 9.18 Å². The fourth-order valence-corrected chi connectivity index (χ4v) is 1.66. The molecule has 18 heavy (non-hydrogen) atoms. The van der Waals surface area contributed by atoms with Gasteiger partial charge in [0.1, 0.15) is 11.6 Å². The zero-order valence-corrected chi connectivity index (χ0v) is 10.2. The number of carbonyl (C=O) groups is 1. The lowest BCUT2D eigenvalue weighted by Gasteiger charge is -2.07. The molecular formula is C15H13FO2. The lowest BCUT2D eigenvalue weighted by Crippen LogP contribution is -2.09. The molecule has 0 saturated heterocycles. The minimum absolute atomic E-state index is 0.330. The minimum Gasteiger partial charge on any atom is -0.423 e. The van der Waals surface area contributed by atoms with Crippen molar-refractivity contribution in [3.63, 3.8) is 0 Å². The van der Waals surface area contributed by atoms with E-state index in [0.29, 0.717) is 11.3 Å². The molecule has 0 heterocycles. The van der Waals surface area contributed by atoms with Crippen molar-refractivity contribution in [3.8, 4) is 5.75 Å². The third-order valence-corrected chi connectivity index (χ3v) is 2.61. The lowest BCUT2D eigenvalue weighted by molar-refractivity contribution is 0.0733. The summed E-state index contributed by atoms with van der Waals surface area (Å²) in [5.41, 5.74) is 2.33. The van der Waals surface area contributed by atoms with Gasteiger partial charge in [-0.1, -0.05) is 17.7 Å². The molecule has 0 bridgehead atoms. The first-order valence-electron chi connectivity index (χ1n) is 5.61. The number of carbonyl (C=O) groups excluding carboxylic acids is 1. The third kappa shape index (κ3) is 2.74. The minimum atomic E-state index is -0.484. The maximum Gasteiger partial charge on any atom is 0.343 e. The van der Waals surface area contributed by atoms with Crippen molar-refractivity contribution in [3.05, 3.63) is 65.0 Å². The molecule has 0 aliphatic heterocycles. The van der Waals surface area contributed by atoms with Crippen molar-refractivity contribution >= 4 is 5.97 Å². The van der Waals surface area contributed by atoms with Gasteiger partial charge in [0.2, 0.25) is 0 Å². The zero-order valence-electron chi connectivity index (χ0n) is 10.2. The highest BCUT2D eigenvalue weighted by molar-refractivity contribution is 5.91. The highest BCUT2D eigenvalue weighted by atomic mass is 19.1. The van der Waals surface area contributed by atoms with Gasteiger partial charge in [-0.2, -0.15) is 0 Å². The Morgan fingerprint density at radius 1 is 1.06 bits per heavy atom. The Bertz CT molecular complexity index is 574. The van der Waals surface area contributed by atoms with Crippen LogP contribution in [0.5, 0.6) is 5.75 Å². The molecule has 0 fully saturated rings. The van der Waals surface area contributed by atoms with E-state index in [9.17, 15) is 9.18 Å². The van der Waals surface area contributed by atoms with Gasteiger partial charge in [-0.15, -0.1) is 0 Å². The molecule has 0 atom stereocenters. The van der Waals surface area contributed by atoms with Crippen molar-refractivity contribution in [2.45, 2.75) is 13.8 Å². The quantitative estimate of drug-likeness (QED) is 0.595. The second-order valence-corrected chi connectivity index (χ2v) is 4.17. The van der Waals surface area contributed by atoms with E-state index in [1.807, 2.05) is 26.0 Å². The molecular weight excluding hydrogens is 231 g/mol. The number of benzene rings is 2. The lowest BCUT2D eigenvalue weighted by atomic mass is 10.1. The largest absolute Gasteiger partial charge is 0.423 e. The first-order chi connectivity index (χ1) is 8.56. The maximum absolute atomic E-state index is 12.7. The van der Waals surface area contributed by atoms with Crippen LogP contribution in [0.4, 0.5) is 4.39 Å². The van der Waals surface area contributed by atoms with Gasteiger partial charge in [0.25, 0.3) is 0 Å². The Balaban J connectivity index is 2.18. The summed E-state index contributed by atoms with van der Waals surface area (Å²) in [7, 11) is 0. The SMILES string of the molecule is Cc1ccc(OC(=O)c2ccc(F)cc2)c(C)c1. The van der Waals surface area contributed by atoms with Crippen LogP contribution in [0.1, 0.15) is 21.5 Å². The van der Waals surface area contributed by atoms with Crippen LogP contribution in [0, 0.1) is 19.7 Å². The van der Waals surface area contributed by atoms with E-state index in [2.05, 4.69) is 0 Å². The van der Waals surface area contributed by atoms with E-state index < -0.39 is 5.97 Å². The second kappa shape index (κ2) is 5.00. The molecule has 0 amide bonds. The first-order valence-corrected chi connectivity index (χ1v) is 5.61. The first kappa shape index (κ1) is 12.3. The average Bonchev–Trinajstić information content (AvgIpc) is 2.33. The fraction of sp³-hybridized carbons (Fsp3) is 0.133. The summed E-state index contributed by atoms with van der Waals surface area (Å²) in [4.78, 5) is 11.8. The van der Waals surface area contributed by atoms with Crippen molar-refractivity contribution in [2.24, 2.45) is 0 Å². The monoisotopic (exact) mass is 244 g/mol. The molecule has 2 aromatic carbocycles. The Hall–Kier alpha value is -2.16. The topological polar surface area (TPSA) is 26.3 Å². The number of rotatable bonds is 2. The normalized spacial score (nSPS) is 10.2. The van der Waals surface area contributed by atoms with Crippen molar-refractivity contribution in [1.82, 2.24) is 0 Å². The van der Waals surface area contributed by atoms with Gasteiger partial charge in [-0.3, -0.25) is 0 Å². The van der Waals surface area contributed by atoms with E-state index in [0.717, 1.165) is 11.1 Å². The highest BCUT2D eigenvalue weighted by Crippen LogP contribution is 2.20. The molecule has 2 rings (SSSR count). The summed E-state index contributed by atoms with van der Waals surface area (Å²) in [6.45, 7) is 3.85. The second-order valence-electron chi connectivity index (χ2n) is 4.17. The van der Waals surface area contributed by atoms with E-state index in [-0.39, 0.29) is 5.82 Å². The Morgan fingerprint density at radius 2 is 1.72 bits per heavy atom. The number of ether oxygens (including phenoxy) is 1. The van der Waals surface area contributed by atoms with E-state index in [1.54, 1.807) is 6.07 Å². The number of esters is 1. The fourth-order valence-electron chi connectivity index (χ4n) is 1.66. The van der Waals surface area contributed by atoms with Crippen molar-refractivity contribution in [1.29, 1.82) is 0 Å². The smallest absolute Gasteiger partial charge is 0.343 e. The number of hydrogen-bond acceptors (Lipinski definition) is 2. The van der Waals surface area contributed by atoms with E-state index in [1.165, 1.54) is 24.3 Å². The molecule has 3 heteroatoms. The van der Waals surface area contributed by atoms with Crippen molar-refractivity contribution < 1.29 is 13.9 Å². The molecule has 92 valence electrons. The molecule has 0 N–H and O–H groups in total. The van der Waals surface area contributed by atoms with E-state index >= 15 is 0 Å². The van der Waals surface area contributed by atoms with Gasteiger partial charge >= 0.3 is 5.97 Å². The Kier molecular flexibility index (Phi) is 3.42. The van der Waals surface area contributed by atoms with Crippen LogP contribution in [-0.4, -0.2) is 5.97 Å². The Labute approximate surface area is 105 Å². The average molecular weight is 244 g/mol. The maximum atomic E-state index is 12.7. The van der Waals surface area contributed by atoms with Gasteiger partial charge in [0, 0.05) is 0 Å². The van der Waals surface area contributed by atoms with Crippen LogP contribution < -0.4 is 4.74 Å². The van der Waals surface area contributed by atoms with Crippen LogP contribution in [0.2, 0.25) is 0 Å². The molecule has 0 aliphatic rings. The molecule has 0 spiro atoms. The molecule has 2 aromatic rings. The predicted molar refractivity (Wildman–Crippen MR) is 67.3 cm³/mol. The van der Waals surface area contributed by atoms with Gasteiger partial charge in [-0.05, 0) is 49.7 Å². The zero-order chi connectivity index (χ0) is 13.1. The molecule has 0 aliphatic carbocycles. The number of hydrogen-bond donors (Lipinski definition) is 0. The van der Waals surface area contributed by atoms with Crippen LogP contribution in [-0.2, 0) is 0 Å². The van der Waals surface area contributed by atoms with Gasteiger partial charge < -0.3 is 4.74 Å². The molecule has 0 saturated carbocycles. The molecule has 0 aromatic heterocycles. The predicted octanol–water partition coefficient (Wildman–Crippen LogP) is 3.66. The van der Waals surface area contributed by atoms with Gasteiger partial charge in [0.05, 0.1) is 5.56 Å². The van der Waals surface area contributed by atoms with Crippen LogP contribution in [0.3, 0.4) is 0 Å². The summed E-state index contributed by atoms with van der Waals surface area (Å²) in [5.74, 6) is -0.338. The standard InChI is InChI=1S/C15H13FO2/c1-10-3-8-14(11(2)9-10)18-15(17)12-4-6-13(16)7-5-12/h3-9H,1-2H3. The van der Waals surface area contributed by atoms with Gasteiger partial charge in [0.15, 0.2) is 0 Å². The third-order valence-electron chi connectivity index (χ3n) is 2.61. The summed E-state index contributed by atoms with van der Waals surface area (Å²) >= 11 is 0. The summed E-state index contributed by atoms with van der Waals surface area (Å²) < 4.78 is 18.0. The van der Waals surface area contributed by atoms with Crippen LogP contribution in [0.15, 0.2) is 42.5 Å². The summed E-state index contributed by atoms with van der Waals surface area (Å²) in [6, 6.07) is 10.8. The van der Waals surface area contributed by atoms with Crippen molar-refractivity contribution in [2.75, 3.05) is 0 Å². The molecule has 0 unspecified atom stereocenters. The van der Waals surface area contributed by atoms with Crippen LogP contribution in [0.25, 0.3) is 0 Å². The van der Waals surface area contributed by atoms with Crippen LogP contribution >= 0.6 is 0 Å². The van der Waals surface area contributed by atoms with E-state index in [4.69, 9.17) is 4.74 Å². The summed E-state index contributed by atoms with van der Waals surface area (Å²) in [6.07, 6.45) is 0. The Morgan fingerprint density at radius 3 is 2.33 bits per heavy atom. The molecule has 2 nitrogen and oxygen atoms in total. The number of halogens is 1. The number of aryl methyl sites for hydroxylation is 2. The highest BCUT2D eigenvalue weighted by Gasteiger charge is 2.10. The summed E-state index contributed by atoms with van der Waals surface area (Å²) in [5, 5.41) is 0. The molecule has 0 radical (unpaired) electrons.